The summed E-state index contributed by atoms with van der Waals surface area (Å²) in [5, 5.41) is 3.17. The largest absolute Gasteiger partial charge is 0.495 e. The van der Waals surface area contributed by atoms with Crippen LogP contribution in [-0.2, 0) is 26.2 Å². The van der Waals surface area contributed by atoms with Gasteiger partial charge in [0.15, 0.2) is 0 Å². The van der Waals surface area contributed by atoms with Gasteiger partial charge in [0.1, 0.15) is 18.3 Å². The third kappa shape index (κ3) is 8.26. The summed E-state index contributed by atoms with van der Waals surface area (Å²) in [6, 6.07) is 17.8. The van der Waals surface area contributed by atoms with Crippen molar-refractivity contribution in [1.29, 1.82) is 0 Å². The van der Waals surface area contributed by atoms with Gasteiger partial charge in [-0.2, -0.15) is 0 Å². The Labute approximate surface area is 254 Å². The zero-order valence-electron chi connectivity index (χ0n) is 25.3. The van der Waals surface area contributed by atoms with Gasteiger partial charge in [-0.05, 0) is 76.9 Å². The van der Waals surface area contributed by atoms with Crippen molar-refractivity contribution in [1.82, 2.24) is 10.2 Å². The highest BCUT2D eigenvalue weighted by Gasteiger charge is 2.34. The van der Waals surface area contributed by atoms with Gasteiger partial charge >= 0.3 is 0 Å². The predicted molar refractivity (Wildman–Crippen MR) is 167 cm³/mol. The molecule has 0 bridgehead atoms. The number of halogens is 1. The predicted octanol–water partition coefficient (Wildman–Crippen LogP) is 5.88. The molecule has 1 atom stereocenters. The van der Waals surface area contributed by atoms with Crippen molar-refractivity contribution in [2.75, 3.05) is 18.0 Å². The molecule has 0 aliphatic carbocycles. The van der Waals surface area contributed by atoms with E-state index < -0.39 is 34.1 Å². The summed E-state index contributed by atoms with van der Waals surface area (Å²) in [6.45, 7) is 10.8. The molecule has 10 heteroatoms. The lowest BCUT2D eigenvalue weighted by Crippen LogP contribution is -2.55. The Morgan fingerprint density at radius 2 is 1.64 bits per heavy atom. The van der Waals surface area contributed by atoms with Crippen molar-refractivity contribution in [3.63, 3.8) is 0 Å². The molecular formula is C32H40ClN3O5S. The van der Waals surface area contributed by atoms with Crippen molar-refractivity contribution in [3.05, 3.63) is 88.4 Å². The number of anilines is 1. The Morgan fingerprint density at radius 1 is 0.976 bits per heavy atom. The van der Waals surface area contributed by atoms with E-state index in [1.54, 1.807) is 18.2 Å². The van der Waals surface area contributed by atoms with Gasteiger partial charge in [0.05, 0.1) is 22.7 Å². The number of ether oxygens (including phenoxy) is 1. The van der Waals surface area contributed by atoms with Gasteiger partial charge in [0, 0.05) is 12.1 Å². The zero-order chi connectivity index (χ0) is 31.2. The number of hydrogen-bond acceptors (Lipinski definition) is 5. The number of amides is 2. The second-order valence-electron chi connectivity index (χ2n) is 11.3. The number of nitrogens with one attached hydrogen (secondary N) is 1. The molecule has 226 valence electrons. The fraction of sp³-hybridized carbons (Fsp3) is 0.375. The molecule has 42 heavy (non-hydrogen) atoms. The van der Waals surface area contributed by atoms with E-state index in [1.165, 1.54) is 36.3 Å². The zero-order valence-corrected chi connectivity index (χ0v) is 26.8. The van der Waals surface area contributed by atoms with E-state index in [2.05, 4.69) is 5.32 Å². The summed E-state index contributed by atoms with van der Waals surface area (Å²) >= 11 is 6.39. The summed E-state index contributed by atoms with van der Waals surface area (Å²) in [5.41, 5.74) is 2.39. The maximum atomic E-state index is 14.2. The van der Waals surface area contributed by atoms with Crippen LogP contribution in [0.4, 0.5) is 5.69 Å². The van der Waals surface area contributed by atoms with Gasteiger partial charge in [0.25, 0.3) is 10.0 Å². The molecule has 2 amide bonds. The third-order valence-corrected chi connectivity index (χ3v) is 8.71. The first-order valence-electron chi connectivity index (χ1n) is 13.8. The highest BCUT2D eigenvalue weighted by atomic mass is 35.5. The number of carbonyl (C=O) groups excluding carboxylic acids is 2. The lowest BCUT2D eigenvalue weighted by atomic mass is 10.0. The smallest absolute Gasteiger partial charge is 0.264 e. The van der Waals surface area contributed by atoms with Crippen LogP contribution in [0, 0.1) is 13.8 Å². The number of hydrogen-bond donors (Lipinski definition) is 1. The molecule has 0 heterocycles. The van der Waals surface area contributed by atoms with Crippen molar-refractivity contribution >= 4 is 39.1 Å². The molecule has 3 rings (SSSR count). The van der Waals surface area contributed by atoms with E-state index in [1.807, 2.05) is 65.8 Å². The van der Waals surface area contributed by atoms with Crippen LogP contribution in [0.25, 0.3) is 0 Å². The van der Waals surface area contributed by atoms with Crippen LogP contribution in [0.1, 0.15) is 50.8 Å². The first-order chi connectivity index (χ1) is 19.7. The highest BCUT2D eigenvalue weighted by Crippen LogP contribution is 2.32. The van der Waals surface area contributed by atoms with Crippen LogP contribution in [-0.4, -0.2) is 50.4 Å². The van der Waals surface area contributed by atoms with Crippen LogP contribution < -0.4 is 14.4 Å². The number of nitrogens with zero attached hydrogens (tertiary/aromatic N) is 2. The molecule has 0 radical (unpaired) electrons. The van der Waals surface area contributed by atoms with Gasteiger partial charge < -0.3 is 15.0 Å². The molecule has 0 saturated carbocycles. The van der Waals surface area contributed by atoms with Crippen molar-refractivity contribution in [3.8, 4) is 5.75 Å². The normalized spacial score (nSPS) is 12.4. The Morgan fingerprint density at radius 3 is 2.19 bits per heavy atom. The van der Waals surface area contributed by atoms with E-state index >= 15 is 0 Å². The van der Waals surface area contributed by atoms with Crippen LogP contribution in [0.5, 0.6) is 5.75 Å². The van der Waals surface area contributed by atoms with E-state index in [0.717, 1.165) is 21.0 Å². The lowest BCUT2D eigenvalue weighted by molar-refractivity contribution is -0.141. The maximum absolute atomic E-state index is 14.2. The second-order valence-corrected chi connectivity index (χ2v) is 13.6. The molecule has 3 aromatic carbocycles. The molecule has 0 saturated heterocycles. The molecule has 1 N–H and O–H groups in total. The van der Waals surface area contributed by atoms with Crippen LogP contribution in [0.15, 0.2) is 71.6 Å². The topological polar surface area (TPSA) is 96.0 Å². The molecule has 3 aromatic rings. The number of benzene rings is 3. The average Bonchev–Trinajstić information content (AvgIpc) is 2.90. The van der Waals surface area contributed by atoms with Crippen molar-refractivity contribution < 1.29 is 22.7 Å². The van der Waals surface area contributed by atoms with Gasteiger partial charge in [-0.25, -0.2) is 8.42 Å². The number of aryl methyl sites for hydroxylation is 2. The van der Waals surface area contributed by atoms with Crippen molar-refractivity contribution in [2.45, 2.75) is 71.0 Å². The third-order valence-electron chi connectivity index (χ3n) is 6.63. The quantitative estimate of drug-likeness (QED) is 0.291. The molecule has 8 nitrogen and oxygen atoms in total. The average molecular weight is 614 g/mol. The Kier molecular flexibility index (Phi) is 10.7. The van der Waals surface area contributed by atoms with Gasteiger partial charge in [-0.15, -0.1) is 0 Å². The molecular weight excluding hydrogens is 574 g/mol. The molecule has 0 aliphatic rings. The van der Waals surface area contributed by atoms with E-state index in [9.17, 15) is 18.0 Å². The summed E-state index contributed by atoms with van der Waals surface area (Å²) in [5.74, 6) is -0.480. The second kappa shape index (κ2) is 13.6. The fourth-order valence-corrected chi connectivity index (χ4v) is 6.21. The lowest BCUT2D eigenvalue weighted by Gasteiger charge is -2.35. The summed E-state index contributed by atoms with van der Waals surface area (Å²) in [6.07, 6.45) is 0.332. The first kappa shape index (κ1) is 32.9. The number of carbonyl (C=O) groups is 2. The number of rotatable bonds is 11. The molecule has 0 aromatic heterocycles. The number of methoxy groups -OCH3 is 1. The standard InChI is InChI=1S/C32H40ClN3O5S/c1-8-28(31(38)34-32(4,5)6)35(20-24-11-9-10-23(3)18-24)30(37)21-36(25-14-17-29(41-7)27(33)19-25)42(39,40)26-15-12-22(2)13-16-26/h9-19,28H,8,20-21H2,1-7H3,(H,34,38). The van der Waals surface area contributed by atoms with Gasteiger partial charge in [0.2, 0.25) is 11.8 Å². The number of sulfonamides is 1. The molecule has 0 spiro atoms. The molecule has 1 unspecified atom stereocenters. The highest BCUT2D eigenvalue weighted by molar-refractivity contribution is 7.92. The van der Waals surface area contributed by atoms with Crippen molar-refractivity contribution in [2.24, 2.45) is 0 Å². The molecule has 0 aliphatic heterocycles. The Balaban J connectivity index is 2.11. The van der Waals surface area contributed by atoms with E-state index in [4.69, 9.17) is 16.3 Å². The monoisotopic (exact) mass is 613 g/mol. The van der Waals surface area contributed by atoms with E-state index in [-0.39, 0.29) is 28.1 Å². The first-order valence-corrected chi connectivity index (χ1v) is 15.6. The summed E-state index contributed by atoms with van der Waals surface area (Å²) in [4.78, 5) is 29.1. The minimum Gasteiger partial charge on any atom is -0.495 e. The van der Waals surface area contributed by atoms with E-state index in [0.29, 0.717) is 12.2 Å². The van der Waals surface area contributed by atoms with Crippen LogP contribution in [0.2, 0.25) is 5.02 Å². The summed E-state index contributed by atoms with van der Waals surface area (Å²) in [7, 11) is -2.75. The Bertz CT molecular complexity index is 1520. The Hall–Kier alpha value is -3.56. The van der Waals surface area contributed by atoms with Gasteiger partial charge in [-0.3, -0.25) is 13.9 Å². The maximum Gasteiger partial charge on any atom is 0.264 e. The van der Waals surface area contributed by atoms with Crippen LogP contribution in [0.3, 0.4) is 0 Å². The summed E-state index contributed by atoms with van der Waals surface area (Å²) < 4.78 is 34.3. The molecule has 0 fully saturated rings. The van der Waals surface area contributed by atoms with Crippen LogP contribution >= 0.6 is 11.6 Å². The fourth-order valence-electron chi connectivity index (χ4n) is 4.56. The van der Waals surface area contributed by atoms with Gasteiger partial charge in [-0.1, -0.05) is 66.0 Å². The SMILES string of the molecule is CCC(C(=O)NC(C)(C)C)N(Cc1cccc(C)c1)C(=O)CN(c1ccc(OC)c(Cl)c1)S(=O)(=O)c1ccc(C)cc1. The minimum atomic E-state index is -4.21. The minimum absolute atomic E-state index is 0.0237.